The zero-order valence-electron chi connectivity index (χ0n) is 15.3. The Hall–Kier alpha value is -3.43. The Morgan fingerprint density at radius 3 is 2.41 bits per heavy atom. The molecule has 1 amide bonds. The summed E-state index contributed by atoms with van der Waals surface area (Å²) in [5.41, 5.74) is 0.861. The largest absolute Gasteiger partial charge is 0.416 e. The highest BCUT2D eigenvalue weighted by atomic mass is 19.4. The molecule has 10 heteroatoms. The van der Waals surface area contributed by atoms with E-state index in [4.69, 9.17) is 0 Å². The molecule has 1 aromatic heterocycles. The number of hydrogen-bond donors (Lipinski definition) is 0. The van der Waals surface area contributed by atoms with Crippen LogP contribution in [-0.2, 0) is 6.18 Å². The molecule has 1 saturated heterocycles. The van der Waals surface area contributed by atoms with Crippen molar-refractivity contribution in [3.05, 3.63) is 66.0 Å². The Labute approximate surface area is 164 Å². The van der Waals surface area contributed by atoms with E-state index in [0.717, 1.165) is 12.1 Å². The highest BCUT2D eigenvalue weighted by molar-refractivity contribution is 5.97. The number of carbonyl (C=O) groups is 1. The average Bonchev–Trinajstić information content (AvgIpc) is 3.28. The van der Waals surface area contributed by atoms with Crippen LogP contribution in [-0.4, -0.2) is 57.2 Å². The molecule has 0 bridgehead atoms. The molecule has 4 rings (SSSR count). The van der Waals surface area contributed by atoms with Gasteiger partial charge in [-0.25, -0.2) is 0 Å². The van der Waals surface area contributed by atoms with Crippen molar-refractivity contribution in [2.75, 3.05) is 31.1 Å². The van der Waals surface area contributed by atoms with E-state index in [1.54, 1.807) is 35.2 Å². The van der Waals surface area contributed by atoms with E-state index in [9.17, 15) is 18.0 Å². The van der Waals surface area contributed by atoms with Gasteiger partial charge in [0.1, 0.15) is 6.33 Å². The standard InChI is InChI=1S/C19H17F3N6O/c20-19(21,22)14-4-3-5-15(12-14)26-8-10-27(11-9-26)18(29)16-6-1-2-7-17(16)28-13-23-24-25-28/h1-7,12-13H,8-11H2. The number of hydrogen-bond acceptors (Lipinski definition) is 5. The number of amides is 1. The van der Waals surface area contributed by atoms with Gasteiger partial charge in [0.2, 0.25) is 0 Å². The molecule has 0 aliphatic carbocycles. The summed E-state index contributed by atoms with van der Waals surface area (Å²) in [6.45, 7) is 1.69. The lowest BCUT2D eigenvalue weighted by molar-refractivity contribution is -0.137. The maximum absolute atomic E-state index is 13.0. The Balaban J connectivity index is 1.48. The summed E-state index contributed by atoms with van der Waals surface area (Å²) in [4.78, 5) is 16.6. The van der Waals surface area contributed by atoms with Gasteiger partial charge in [0, 0.05) is 31.9 Å². The van der Waals surface area contributed by atoms with Gasteiger partial charge in [-0.3, -0.25) is 4.79 Å². The first-order chi connectivity index (χ1) is 13.9. The van der Waals surface area contributed by atoms with Crippen molar-refractivity contribution in [1.82, 2.24) is 25.1 Å². The number of tetrazole rings is 1. The van der Waals surface area contributed by atoms with Gasteiger partial charge in [-0.1, -0.05) is 18.2 Å². The fraction of sp³-hybridized carbons (Fsp3) is 0.263. The van der Waals surface area contributed by atoms with Crippen LogP contribution in [0.4, 0.5) is 18.9 Å². The molecule has 7 nitrogen and oxygen atoms in total. The third-order valence-corrected chi connectivity index (χ3v) is 4.84. The average molecular weight is 402 g/mol. The van der Waals surface area contributed by atoms with Crippen molar-refractivity contribution >= 4 is 11.6 Å². The van der Waals surface area contributed by atoms with Crippen LogP contribution < -0.4 is 4.90 Å². The molecule has 1 fully saturated rings. The second-order valence-electron chi connectivity index (χ2n) is 6.60. The quantitative estimate of drug-likeness (QED) is 0.674. The molecular formula is C19H17F3N6O. The molecule has 0 unspecified atom stereocenters. The van der Waals surface area contributed by atoms with Crippen LogP contribution in [0.25, 0.3) is 5.69 Å². The minimum atomic E-state index is -4.38. The molecule has 2 aromatic carbocycles. The van der Waals surface area contributed by atoms with E-state index in [2.05, 4.69) is 15.5 Å². The summed E-state index contributed by atoms with van der Waals surface area (Å²) in [5.74, 6) is -0.167. The van der Waals surface area contributed by atoms with Crippen LogP contribution in [0.3, 0.4) is 0 Å². The Morgan fingerprint density at radius 1 is 0.966 bits per heavy atom. The fourth-order valence-electron chi connectivity index (χ4n) is 3.34. The Morgan fingerprint density at radius 2 is 1.72 bits per heavy atom. The zero-order valence-corrected chi connectivity index (χ0v) is 15.3. The van der Waals surface area contributed by atoms with Crippen LogP contribution in [0, 0.1) is 0 Å². The number of alkyl halides is 3. The molecule has 3 aromatic rings. The lowest BCUT2D eigenvalue weighted by atomic mass is 10.1. The number of nitrogens with zero attached hydrogens (tertiary/aromatic N) is 6. The van der Waals surface area contributed by atoms with Crippen LogP contribution in [0.2, 0.25) is 0 Å². The Bertz CT molecular complexity index is 997. The second-order valence-corrected chi connectivity index (χ2v) is 6.60. The molecule has 150 valence electrons. The minimum Gasteiger partial charge on any atom is -0.368 e. The van der Waals surface area contributed by atoms with Gasteiger partial charge in [0.05, 0.1) is 16.8 Å². The van der Waals surface area contributed by atoms with Crippen molar-refractivity contribution < 1.29 is 18.0 Å². The van der Waals surface area contributed by atoms with Gasteiger partial charge in [-0.2, -0.15) is 17.9 Å². The van der Waals surface area contributed by atoms with E-state index in [1.165, 1.54) is 17.1 Å². The lowest BCUT2D eigenvalue weighted by Crippen LogP contribution is -2.49. The predicted octanol–water partition coefficient (Wildman–Crippen LogP) is 2.64. The molecule has 1 aliphatic rings. The third kappa shape index (κ3) is 3.91. The van der Waals surface area contributed by atoms with Crippen LogP contribution in [0.1, 0.15) is 15.9 Å². The number of para-hydroxylation sites is 1. The Kier molecular flexibility index (Phi) is 4.91. The first kappa shape index (κ1) is 18.9. The minimum absolute atomic E-state index is 0.167. The van der Waals surface area contributed by atoms with Gasteiger partial charge in [0.15, 0.2) is 0 Å². The molecule has 2 heterocycles. The first-order valence-electron chi connectivity index (χ1n) is 8.97. The molecule has 0 N–H and O–H groups in total. The monoisotopic (exact) mass is 402 g/mol. The van der Waals surface area contributed by atoms with Crippen LogP contribution in [0.5, 0.6) is 0 Å². The van der Waals surface area contributed by atoms with Gasteiger partial charge >= 0.3 is 6.18 Å². The number of rotatable bonds is 3. The van der Waals surface area contributed by atoms with Crippen molar-refractivity contribution in [3.63, 3.8) is 0 Å². The number of aromatic nitrogens is 4. The highest BCUT2D eigenvalue weighted by Crippen LogP contribution is 2.32. The molecule has 1 aliphatic heterocycles. The number of piperazine rings is 1. The number of halogens is 3. The van der Waals surface area contributed by atoms with Gasteiger partial charge in [-0.15, -0.1) is 5.10 Å². The summed E-state index contributed by atoms with van der Waals surface area (Å²) in [5, 5.41) is 11.0. The van der Waals surface area contributed by atoms with E-state index in [1.807, 2.05) is 4.90 Å². The SMILES string of the molecule is O=C(c1ccccc1-n1cnnn1)N1CCN(c2cccc(C(F)(F)F)c2)CC1. The van der Waals surface area contributed by atoms with Crippen molar-refractivity contribution in [2.24, 2.45) is 0 Å². The summed E-state index contributed by atoms with van der Waals surface area (Å²) in [6.07, 6.45) is -2.97. The van der Waals surface area contributed by atoms with Crippen LogP contribution >= 0.6 is 0 Å². The van der Waals surface area contributed by atoms with Gasteiger partial charge in [-0.05, 0) is 40.8 Å². The molecular weight excluding hydrogens is 385 g/mol. The van der Waals surface area contributed by atoms with E-state index in [0.29, 0.717) is 43.1 Å². The lowest BCUT2D eigenvalue weighted by Gasteiger charge is -2.36. The maximum Gasteiger partial charge on any atom is 0.416 e. The van der Waals surface area contributed by atoms with Gasteiger partial charge in [0.25, 0.3) is 5.91 Å². The zero-order chi connectivity index (χ0) is 20.4. The van der Waals surface area contributed by atoms with Crippen molar-refractivity contribution in [3.8, 4) is 5.69 Å². The molecule has 29 heavy (non-hydrogen) atoms. The predicted molar refractivity (Wildman–Crippen MR) is 98.7 cm³/mol. The molecule has 0 saturated carbocycles. The topological polar surface area (TPSA) is 67.2 Å². The van der Waals surface area contributed by atoms with Crippen LogP contribution in [0.15, 0.2) is 54.9 Å². The summed E-state index contributed by atoms with van der Waals surface area (Å²) < 4.78 is 40.3. The van der Waals surface area contributed by atoms with Gasteiger partial charge < -0.3 is 9.80 Å². The van der Waals surface area contributed by atoms with Crippen molar-refractivity contribution in [1.29, 1.82) is 0 Å². The van der Waals surface area contributed by atoms with E-state index in [-0.39, 0.29) is 5.91 Å². The summed E-state index contributed by atoms with van der Waals surface area (Å²) in [7, 11) is 0. The molecule has 0 spiro atoms. The summed E-state index contributed by atoms with van der Waals surface area (Å²) >= 11 is 0. The number of carbonyl (C=O) groups excluding carboxylic acids is 1. The van der Waals surface area contributed by atoms with Crippen molar-refractivity contribution in [2.45, 2.75) is 6.18 Å². The fourth-order valence-corrected chi connectivity index (χ4v) is 3.34. The second kappa shape index (κ2) is 7.53. The summed E-state index contributed by atoms with van der Waals surface area (Å²) in [6, 6.07) is 12.3. The molecule has 0 radical (unpaired) electrons. The number of benzene rings is 2. The third-order valence-electron chi connectivity index (χ3n) is 4.84. The normalized spacial score (nSPS) is 14.9. The highest BCUT2D eigenvalue weighted by Gasteiger charge is 2.31. The number of anilines is 1. The van der Waals surface area contributed by atoms with E-state index >= 15 is 0 Å². The van der Waals surface area contributed by atoms with E-state index < -0.39 is 11.7 Å². The first-order valence-corrected chi connectivity index (χ1v) is 8.97. The smallest absolute Gasteiger partial charge is 0.368 e. The molecule has 0 atom stereocenters. The maximum atomic E-state index is 13.0.